The summed E-state index contributed by atoms with van der Waals surface area (Å²) >= 11 is 1.10. The van der Waals surface area contributed by atoms with E-state index in [0.29, 0.717) is 11.3 Å². The summed E-state index contributed by atoms with van der Waals surface area (Å²) in [6, 6.07) is 7.08. The van der Waals surface area contributed by atoms with E-state index < -0.39 is 5.91 Å². The number of benzene rings is 1. The highest BCUT2D eigenvalue weighted by Gasteiger charge is 2.10. The fraction of sp³-hybridized carbons (Fsp3) is 0. The van der Waals surface area contributed by atoms with E-state index >= 15 is 0 Å². The van der Waals surface area contributed by atoms with Crippen LogP contribution in [0.5, 0.6) is 0 Å². The molecule has 2 rings (SSSR count). The van der Waals surface area contributed by atoms with Gasteiger partial charge >= 0.3 is 0 Å². The molecule has 0 unspecified atom stereocenters. The van der Waals surface area contributed by atoms with Crippen LogP contribution < -0.4 is 5.73 Å². The molecule has 5 heteroatoms. The van der Waals surface area contributed by atoms with Crippen LogP contribution in [0.15, 0.2) is 30.5 Å². The molecule has 4 nitrogen and oxygen atoms in total. The van der Waals surface area contributed by atoms with Gasteiger partial charge in [-0.05, 0) is 6.07 Å². The number of carbonyl (C=O) groups is 1. The van der Waals surface area contributed by atoms with Crippen molar-refractivity contribution in [3.63, 3.8) is 0 Å². The Labute approximate surface area is 84.7 Å². The zero-order chi connectivity index (χ0) is 9.97. The standard InChI is InChI=1S/C9H7N3OS/c10-9(13)7-4-2-1-3-6(7)8-5-11-14-12-8/h1-5H,(H2,10,13). The van der Waals surface area contributed by atoms with Crippen LogP contribution in [0.25, 0.3) is 11.3 Å². The lowest BCUT2D eigenvalue weighted by atomic mass is 10.1. The first kappa shape index (κ1) is 8.83. The van der Waals surface area contributed by atoms with Gasteiger partial charge in [-0.2, -0.15) is 8.75 Å². The maximum absolute atomic E-state index is 11.1. The van der Waals surface area contributed by atoms with Gasteiger partial charge < -0.3 is 5.73 Å². The summed E-state index contributed by atoms with van der Waals surface area (Å²) < 4.78 is 7.93. The van der Waals surface area contributed by atoms with Gasteiger partial charge in [0.25, 0.3) is 0 Å². The second-order valence-electron chi connectivity index (χ2n) is 2.70. The molecular weight excluding hydrogens is 198 g/mol. The van der Waals surface area contributed by atoms with Gasteiger partial charge in [-0.25, -0.2) is 0 Å². The molecule has 1 aromatic heterocycles. The van der Waals surface area contributed by atoms with E-state index in [1.807, 2.05) is 6.07 Å². The van der Waals surface area contributed by atoms with Gasteiger partial charge in [-0.3, -0.25) is 4.79 Å². The maximum atomic E-state index is 11.1. The Morgan fingerprint density at radius 3 is 2.79 bits per heavy atom. The van der Waals surface area contributed by atoms with Crippen molar-refractivity contribution in [3.8, 4) is 11.3 Å². The monoisotopic (exact) mass is 205 g/mol. The number of amides is 1. The number of nitrogens with two attached hydrogens (primary N) is 1. The molecular formula is C9H7N3OS. The Morgan fingerprint density at radius 2 is 2.14 bits per heavy atom. The molecule has 0 saturated carbocycles. The third-order valence-corrected chi connectivity index (χ3v) is 2.31. The normalized spacial score (nSPS) is 10.0. The minimum atomic E-state index is -0.450. The Hall–Kier alpha value is -1.75. The zero-order valence-corrected chi connectivity index (χ0v) is 7.99. The average molecular weight is 205 g/mol. The van der Waals surface area contributed by atoms with Crippen LogP contribution in [0.1, 0.15) is 10.4 Å². The van der Waals surface area contributed by atoms with Crippen molar-refractivity contribution < 1.29 is 4.79 Å². The lowest BCUT2D eigenvalue weighted by Crippen LogP contribution is -2.12. The van der Waals surface area contributed by atoms with Gasteiger partial charge in [0.2, 0.25) is 5.91 Å². The van der Waals surface area contributed by atoms with Crippen LogP contribution in [0.3, 0.4) is 0 Å². The highest BCUT2D eigenvalue weighted by Crippen LogP contribution is 2.21. The molecule has 1 aromatic carbocycles. The predicted octanol–water partition coefficient (Wildman–Crippen LogP) is 1.30. The minimum absolute atomic E-state index is 0.450. The van der Waals surface area contributed by atoms with Crippen molar-refractivity contribution in [1.82, 2.24) is 8.75 Å². The fourth-order valence-corrected chi connectivity index (χ4v) is 1.63. The molecule has 0 aliphatic rings. The zero-order valence-electron chi connectivity index (χ0n) is 7.18. The third-order valence-electron chi connectivity index (χ3n) is 1.83. The smallest absolute Gasteiger partial charge is 0.249 e. The Morgan fingerprint density at radius 1 is 1.36 bits per heavy atom. The summed E-state index contributed by atoms with van der Waals surface area (Å²) in [5.74, 6) is -0.450. The van der Waals surface area contributed by atoms with Crippen LogP contribution in [0, 0.1) is 0 Å². The number of hydrogen-bond donors (Lipinski definition) is 1. The Bertz CT molecular complexity index is 453. The summed E-state index contributed by atoms with van der Waals surface area (Å²) in [6.45, 7) is 0. The second kappa shape index (κ2) is 3.55. The van der Waals surface area contributed by atoms with E-state index in [1.54, 1.807) is 24.4 Å². The quantitative estimate of drug-likeness (QED) is 0.803. The van der Waals surface area contributed by atoms with Crippen LogP contribution >= 0.6 is 11.7 Å². The molecule has 2 aromatic rings. The third kappa shape index (κ3) is 1.49. The predicted molar refractivity (Wildman–Crippen MR) is 53.9 cm³/mol. The molecule has 0 aliphatic heterocycles. The molecule has 14 heavy (non-hydrogen) atoms. The Balaban J connectivity index is 2.58. The van der Waals surface area contributed by atoms with Gasteiger partial charge in [0.1, 0.15) is 5.69 Å². The first-order valence-corrected chi connectivity index (χ1v) is 4.69. The lowest BCUT2D eigenvalue weighted by molar-refractivity contribution is 0.100. The number of hydrogen-bond acceptors (Lipinski definition) is 4. The largest absolute Gasteiger partial charge is 0.366 e. The minimum Gasteiger partial charge on any atom is -0.366 e. The Kier molecular flexibility index (Phi) is 2.24. The molecule has 0 saturated heterocycles. The van der Waals surface area contributed by atoms with E-state index in [1.165, 1.54) is 0 Å². The number of rotatable bonds is 2. The van der Waals surface area contributed by atoms with Gasteiger partial charge in [0.15, 0.2) is 0 Å². The van der Waals surface area contributed by atoms with Gasteiger partial charge in [0.05, 0.1) is 17.9 Å². The molecule has 0 atom stereocenters. The summed E-state index contributed by atoms with van der Waals surface area (Å²) in [6.07, 6.45) is 1.62. The van der Waals surface area contributed by atoms with E-state index in [2.05, 4.69) is 8.75 Å². The molecule has 0 aliphatic carbocycles. The van der Waals surface area contributed by atoms with Gasteiger partial charge in [0, 0.05) is 11.1 Å². The fourth-order valence-electron chi connectivity index (χ4n) is 1.20. The molecule has 0 fully saturated rings. The summed E-state index contributed by atoms with van der Waals surface area (Å²) in [7, 11) is 0. The van der Waals surface area contributed by atoms with Crippen molar-refractivity contribution in [2.45, 2.75) is 0 Å². The summed E-state index contributed by atoms with van der Waals surface area (Å²) in [4.78, 5) is 11.1. The van der Waals surface area contributed by atoms with E-state index in [4.69, 9.17) is 5.73 Å². The average Bonchev–Trinajstić information content (AvgIpc) is 2.70. The van der Waals surface area contributed by atoms with Gasteiger partial charge in [-0.1, -0.05) is 18.2 Å². The van der Waals surface area contributed by atoms with E-state index in [0.717, 1.165) is 17.3 Å². The number of primary amides is 1. The van der Waals surface area contributed by atoms with Crippen LogP contribution in [0.2, 0.25) is 0 Å². The van der Waals surface area contributed by atoms with Crippen LogP contribution in [0.4, 0.5) is 0 Å². The second-order valence-corrected chi connectivity index (χ2v) is 3.26. The first-order chi connectivity index (χ1) is 6.79. The molecule has 1 amide bonds. The van der Waals surface area contributed by atoms with Crippen molar-refractivity contribution in [2.24, 2.45) is 5.73 Å². The van der Waals surface area contributed by atoms with Crippen molar-refractivity contribution in [2.75, 3.05) is 0 Å². The maximum Gasteiger partial charge on any atom is 0.249 e. The number of nitrogens with zero attached hydrogens (tertiary/aromatic N) is 2. The number of aromatic nitrogens is 2. The summed E-state index contributed by atoms with van der Waals surface area (Å²) in [5.41, 5.74) is 7.12. The van der Waals surface area contributed by atoms with Crippen LogP contribution in [-0.2, 0) is 0 Å². The van der Waals surface area contributed by atoms with E-state index in [-0.39, 0.29) is 0 Å². The molecule has 0 radical (unpaired) electrons. The van der Waals surface area contributed by atoms with Crippen LogP contribution in [-0.4, -0.2) is 14.7 Å². The highest BCUT2D eigenvalue weighted by atomic mass is 32.1. The van der Waals surface area contributed by atoms with Crippen molar-refractivity contribution in [3.05, 3.63) is 36.0 Å². The topological polar surface area (TPSA) is 68.9 Å². The molecule has 2 N–H and O–H groups in total. The summed E-state index contributed by atoms with van der Waals surface area (Å²) in [5, 5.41) is 0. The first-order valence-electron chi connectivity index (χ1n) is 3.96. The lowest BCUT2D eigenvalue weighted by Gasteiger charge is -2.01. The molecule has 0 spiro atoms. The van der Waals surface area contributed by atoms with Gasteiger partial charge in [-0.15, -0.1) is 0 Å². The highest BCUT2D eigenvalue weighted by molar-refractivity contribution is 6.99. The molecule has 0 bridgehead atoms. The molecule has 1 heterocycles. The van der Waals surface area contributed by atoms with Crippen molar-refractivity contribution in [1.29, 1.82) is 0 Å². The van der Waals surface area contributed by atoms with E-state index in [9.17, 15) is 4.79 Å². The molecule has 70 valence electrons. The van der Waals surface area contributed by atoms with Crippen molar-refractivity contribution >= 4 is 17.6 Å². The SMILES string of the molecule is NC(=O)c1ccccc1-c1cnsn1. The number of carbonyl (C=O) groups excluding carboxylic acids is 1.